The van der Waals surface area contributed by atoms with Crippen molar-refractivity contribution in [1.29, 1.82) is 0 Å². The molecule has 1 unspecified atom stereocenters. The molecular weight excluding hydrogens is 290 g/mol. The van der Waals surface area contributed by atoms with Crippen molar-refractivity contribution in [2.75, 3.05) is 18.5 Å². The third-order valence-corrected chi connectivity index (χ3v) is 4.29. The molecule has 0 aliphatic heterocycles. The van der Waals surface area contributed by atoms with Crippen LogP contribution < -0.4 is 16.0 Å². The quantitative estimate of drug-likeness (QED) is 0.772. The van der Waals surface area contributed by atoms with Gasteiger partial charge in [-0.2, -0.15) is 0 Å². The van der Waals surface area contributed by atoms with Crippen LogP contribution in [0.15, 0.2) is 24.3 Å². The molecule has 1 aromatic rings. The third-order valence-electron chi connectivity index (χ3n) is 4.29. The molecule has 23 heavy (non-hydrogen) atoms. The van der Waals surface area contributed by atoms with Crippen LogP contribution in [0.25, 0.3) is 0 Å². The summed E-state index contributed by atoms with van der Waals surface area (Å²) in [5.74, 6) is 0.0478. The van der Waals surface area contributed by atoms with Crippen LogP contribution in [0.2, 0.25) is 0 Å². The summed E-state index contributed by atoms with van der Waals surface area (Å²) in [5, 5.41) is 2.99. The van der Waals surface area contributed by atoms with Crippen molar-refractivity contribution < 1.29 is 9.59 Å². The first kappa shape index (κ1) is 17.5. The number of hydrogen-bond donors (Lipinski definition) is 2. The van der Waals surface area contributed by atoms with Crippen LogP contribution in [-0.2, 0) is 4.79 Å². The topological polar surface area (TPSA) is 75.4 Å². The summed E-state index contributed by atoms with van der Waals surface area (Å²) in [5.41, 5.74) is 6.94. The average Bonchev–Trinajstić information content (AvgIpc) is 3.42. The highest BCUT2D eigenvalue weighted by molar-refractivity contribution is 6.05. The first-order valence-electron chi connectivity index (χ1n) is 8.46. The number of carbonyl (C=O) groups is 2. The van der Waals surface area contributed by atoms with Gasteiger partial charge in [0.05, 0.1) is 11.3 Å². The maximum atomic E-state index is 12.6. The molecule has 3 N–H and O–H groups in total. The van der Waals surface area contributed by atoms with E-state index in [9.17, 15) is 9.59 Å². The van der Waals surface area contributed by atoms with Crippen molar-refractivity contribution in [2.24, 2.45) is 11.7 Å². The lowest BCUT2D eigenvalue weighted by atomic mass is 10.1. The smallest absolute Gasteiger partial charge is 0.253 e. The van der Waals surface area contributed by atoms with Gasteiger partial charge in [-0.15, -0.1) is 0 Å². The van der Waals surface area contributed by atoms with Crippen molar-refractivity contribution in [1.82, 2.24) is 5.32 Å². The fourth-order valence-corrected chi connectivity index (χ4v) is 2.64. The minimum Gasteiger partial charge on any atom is -0.348 e. The molecule has 5 nitrogen and oxygen atoms in total. The highest BCUT2D eigenvalue weighted by atomic mass is 16.2. The molecule has 0 saturated heterocycles. The van der Waals surface area contributed by atoms with E-state index in [1.165, 1.54) is 0 Å². The predicted molar refractivity (Wildman–Crippen MR) is 92.4 cm³/mol. The van der Waals surface area contributed by atoms with E-state index in [1.807, 2.05) is 18.2 Å². The van der Waals surface area contributed by atoms with Gasteiger partial charge >= 0.3 is 0 Å². The van der Waals surface area contributed by atoms with Gasteiger partial charge in [0.15, 0.2) is 0 Å². The Morgan fingerprint density at radius 2 is 2.04 bits per heavy atom. The van der Waals surface area contributed by atoms with E-state index in [-0.39, 0.29) is 23.8 Å². The van der Waals surface area contributed by atoms with E-state index >= 15 is 0 Å². The van der Waals surface area contributed by atoms with E-state index in [0.717, 1.165) is 32.1 Å². The summed E-state index contributed by atoms with van der Waals surface area (Å²) < 4.78 is 0. The predicted octanol–water partition coefficient (Wildman–Crippen LogP) is 2.31. The van der Waals surface area contributed by atoms with Crippen molar-refractivity contribution in [3.05, 3.63) is 29.8 Å². The van der Waals surface area contributed by atoms with E-state index in [2.05, 4.69) is 12.2 Å². The largest absolute Gasteiger partial charge is 0.348 e. The summed E-state index contributed by atoms with van der Waals surface area (Å²) in [7, 11) is 1.74. The van der Waals surface area contributed by atoms with E-state index in [1.54, 1.807) is 18.0 Å². The summed E-state index contributed by atoms with van der Waals surface area (Å²) in [6.07, 6.45) is 4.87. The van der Waals surface area contributed by atoms with Crippen LogP contribution >= 0.6 is 0 Å². The van der Waals surface area contributed by atoms with Crippen molar-refractivity contribution in [3.8, 4) is 0 Å². The first-order chi connectivity index (χ1) is 11.1. The number of hydrogen-bond acceptors (Lipinski definition) is 3. The average molecular weight is 317 g/mol. The Hall–Kier alpha value is -1.88. The van der Waals surface area contributed by atoms with Gasteiger partial charge in [0.1, 0.15) is 0 Å². The van der Waals surface area contributed by atoms with Gasteiger partial charge in [-0.3, -0.25) is 9.59 Å². The molecule has 1 atom stereocenters. The second-order valence-electron chi connectivity index (χ2n) is 6.24. The number of anilines is 1. The Labute approximate surface area is 138 Å². The number of nitrogens with one attached hydrogen (secondary N) is 1. The standard InChI is InChI=1S/C18H27N3O2/c1-3-4-7-14(12-19)20-17(22)15-8-5-6-9-16(15)21(2)18(23)13-10-11-13/h5-6,8-9,13-14H,3-4,7,10-12,19H2,1-2H3,(H,20,22). The van der Waals surface area contributed by atoms with Gasteiger partial charge < -0.3 is 16.0 Å². The number of benzene rings is 1. The highest BCUT2D eigenvalue weighted by Crippen LogP contribution is 2.33. The van der Waals surface area contributed by atoms with Gasteiger partial charge in [0.25, 0.3) is 5.91 Å². The molecule has 5 heteroatoms. The van der Waals surface area contributed by atoms with Crippen LogP contribution in [0, 0.1) is 5.92 Å². The minimum atomic E-state index is -0.164. The normalized spacial score (nSPS) is 15.1. The lowest BCUT2D eigenvalue weighted by Crippen LogP contribution is -2.41. The van der Waals surface area contributed by atoms with Crippen LogP contribution in [0.1, 0.15) is 49.4 Å². The lowest BCUT2D eigenvalue weighted by Gasteiger charge is -2.22. The van der Waals surface area contributed by atoms with E-state index in [4.69, 9.17) is 5.73 Å². The molecule has 1 aromatic carbocycles. The van der Waals surface area contributed by atoms with Gasteiger partial charge in [-0.05, 0) is 31.4 Å². The zero-order valence-corrected chi connectivity index (χ0v) is 14.0. The van der Waals surface area contributed by atoms with Crippen LogP contribution in [0.5, 0.6) is 0 Å². The second-order valence-corrected chi connectivity index (χ2v) is 6.24. The Bertz CT molecular complexity index is 555. The van der Waals surface area contributed by atoms with Gasteiger partial charge in [-0.25, -0.2) is 0 Å². The molecule has 0 heterocycles. The van der Waals surface area contributed by atoms with E-state index in [0.29, 0.717) is 17.8 Å². The molecule has 1 fully saturated rings. The Kier molecular flexibility index (Phi) is 6.16. The summed E-state index contributed by atoms with van der Waals surface area (Å²) in [4.78, 5) is 26.5. The van der Waals surface area contributed by atoms with Gasteiger partial charge in [0.2, 0.25) is 5.91 Å². The van der Waals surface area contributed by atoms with Gasteiger partial charge in [-0.1, -0.05) is 31.9 Å². The molecule has 126 valence electrons. The number of para-hydroxylation sites is 1. The molecule has 0 radical (unpaired) electrons. The van der Waals surface area contributed by atoms with Crippen LogP contribution in [0.3, 0.4) is 0 Å². The summed E-state index contributed by atoms with van der Waals surface area (Å²) in [6, 6.07) is 7.21. The maximum Gasteiger partial charge on any atom is 0.253 e. The molecule has 1 aliphatic rings. The molecular formula is C18H27N3O2. The molecule has 0 bridgehead atoms. The molecule has 0 spiro atoms. The Morgan fingerprint density at radius 3 is 2.65 bits per heavy atom. The fourth-order valence-electron chi connectivity index (χ4n) is 2.64. The number of nitrogens with zero attached hydrogens (tertiary/aromatic N) is 1. The zero-order valence-electron chi connectivity index (χ0n) is 14.0. The van der Waals surface area contributed by atoms with Crippen molar-refractivity contribution in [2.45, 2.75) is 45.1 Å². The SMILES string of the molecule is CCCCC(CN)NC(=O)c1ccccc1N(C)C(=O)C1CC1. The Balaban J connectivity index is 2.11. The van der Waals surface area contributed by atoms with Crippen LogP contribution in [0.4, 0.5) is 5.69 Å². The fraction of sp³-hybridized carbons (Fsp3) is 0.556. The number of amides is 2. The Morgan fingerprint density at radius 1 is 1.35 bits per heavy atom. The third kappa shape index (κ3) is 4.55. The number of nitrogens with two attached hydrogens (primary N) is 1. The van der Waals surface area contributed by atoms with Crippen molar-refractivity contribution >= 4 is 17.5 Å². The van der Waals surface area contributed by atoms with E-state index < -0.39 is 0 Å². The number of carbonyl (C=O) groups excluding carboxylic acids is 2. The van der Waals surface area contributed by atoms with Crippen molar-refractivity contribution in [3.63, 3.8) is 0 Å². The maximum absolute atomic E-state index is 12.6. The first-order valence-corrected chi connectivity index (χ1v) is 8.46. The summed E-state index contributed by atoms with van der Waals surface area (Å²) >= 11 is 0. The molecule has 0 aromatic heterocycles. The number of unbranched alkanes of at least 4 members (excludes halogenated alkanes) is 1. The lowest BCUT2D eigenvalue weighted by molar-refractivity contribution is -0.119. The number of rotatable bonds is 8. The monoisotopic (exact) mass is 317 g/mol. The van der Waals surface area contributed by atoms with Crippen LogP contribution in [-0.4, -0.2) is 31.4 Å². The summed E-state index contributed by atoms with van der Waals surface area (Å²) in [6.45, 7) is 2.54. The molecule has 2 rings (SSSR count). The highest BCUT2D eigenvalue weighted by Gasteiger charge is 2.33. The van der Waals surface area contributed by atoms with Gasteiger partial charge in [0, 0.05) is 25.6 Å². The molecule has 2 amide bonds. The second kappa shape index (κ2) is 8.11. The molecule has 1 aliphatic carbocycles. The molecule has 1 saturated carbocycles. The zero-order chi connectivity index (χ0) is 16.8. The minimum absolute atomic E-state index is 0.0278.